The fraction of sp³-hybridized carbons (Fsp3) is 0.647. The standard InChI is InChI=1S/C17H25N2O2/c1-3-4-7-19-10-15(18(2)12-19)11-21-17(20)16-9-13-5-6-14(16)8-13/h5-6,10,12-14,16H,3-4,7-9,11H2,1-2H3/q+1/t13-,14+,16-/m0/s1. The number of fused-ring (bicyclic) bond motifs is 2. The predicted molar refractivity (Wildman–Crippen MR) is 79.2 cm³/mol. The largest absolute Gasteiger partial charge is 0.457 e. The van der Waals surface area contributed by atoms with Gasteiger partial charge in [-0.15, -0.1) is 0 Å². The van der Waals surface area contributed by atoms with Crippen LogP contribution in [0.5, 0.6) is 0 Å². The highest BCUT2D eigenvalue weighted by molar-refractivity contribution is 5.74. The van der Waals surface area contributed by atoms with E-state index >= 15 is 0 Å². The van der Waals surface area contributed by atoms with E-state index in [2.05, 4.69) is 36.2 Å². The molecule has 2 aliphatic carbocycles. The zero-order valence-electron chi connectivity index (χ0n) is 13.0. The molecule has 1 heterocycles. The van der Waals surface area contributed by atoms with E-state index in [1.165, 1.54) is 12.8 Å². The molecule has 4 heteroatoms. The summed E-state index contributed by atoms with van der Waals surface area (Å²) in [7, 11) is 2.01. The van der Waals surface area contributed by atoms with Crippen LogP contribution in [0.2, 0.25) is 0 Å². The normalized spacial score (nSPS) is 26.5. The lowest BCUT2D eigenvalue weighted by Gasteiger charge is -2.15. The first-order chi connectivity index (χ1) is 10.2. The molecule has 21 heavy (non-hydrogen) atoms. The summed E-state index contributed by atoms with van der Waals surface area (Å²) >= 11 is 0. The van der Waals surface area contributed by atoms with Crippen molar-refractivity contribution < 1.29 is 14.1 Å². The maximum absolute atomic E-state index is 12.2. The van der Waals surface area contributed by atoms with Gasteiger partial charge in [0.15, 0.2) is 12.3 Å². The average Bonchev–Trinajstić information content (AvgIpc) is 3.18. The number of hydrogen-bond acceptors (Lipinski definition) is 2. The van der Waals surface area contributed by atoms with E-state index < -0.39 is 0 Å². The molecule has 0 N–H and O–H groups in total. The van der Waals surface area contributed by atoms with E-state index in [0.717, 1.165) is 25.1 Å². The molecule has 3 rings (SSSR count). The molecule has 1 saturated carbocycles. The maximum Gasteiger partial charge on any atom is 0.310 e. The molecular formula is C17H25N2O2+. The number of nitrogens with zero attached hydrogens (tertiary/aromatic N) is 2. The van der Waals surface area contributed by atoms with Gasteiger partial charge in [-0.2, -0.15) is 0 Å². The minimum atomic E-state index is -0.0202. The van der Waals surface area contributed by atoms with Crippen LogP contribution in [0, 0.1) is 17.8 Å². The van der Waals surface area contributed by atoms with E-state index in [1.54, 1.807) is 0 Å². The fourth-order valence-corrected chi connectivity index (χ4v) is 3.52. The third-order valence-corrected chi connectivity index (χ3v) is 4.80. The van der Waals surface area contributed by atoms with Crippen molar-refractivity contribution in [2.75, 3.05) is 0 Å². The molecule has 1 aromatic heterocycles. The minimum absolute atomic E-state index is 0.0202. The van der Waals surface area contributed by atoms with Crippen LogP contribution < -0.4 is 4.57 Å². The molecule has 0 unspecified atom stereocenters. The number of rotatable bonds is 6. The number of hydrogen-bond donors (Lipinski definition) is 0. The van der Waals surface area contributed by atoms with Gasteiger partial charge in [-0.05, 0) is 31.1 Å². The van der Waals surface area contributed by atoms with Crippen molar-refractivity contribution in [2.45, 2.75) is 45.8 Å². The molecule has 0 aromatic carbocycles. The Labute approximate surface area is 126 Å². The van der Waals surface area contributed by atoms with Crippen LogP contribution in [-0.2, 0) is 29.7 Å². The van der Waals surface area contributed by atoms with Gasteiger partial charge >= 0.3 is 5.97 Å². The van der Waals surface area contributed by atoms with Crippen molar-refractivity contribution in [3.05, 3.63) is 30.4 Å². The summed E-state index contributed by atoms with van der Waals surface area (Å²) in [5.74, 6) is 1.10. The number of aromatic nitrogens is 2. The molecule has 3 atom stereocenters. The zero-order valence-corrected chi connectivity index (χ0v) is 13.0. The number of imidazole rings is 1. The second-order valence-corrected chi connectivity index (χ2v) is 6.43. The van der Waals surface area contributed by atoms with Crippen LogP contribution in [0.15, 0.2) is 24.7 Å². The lowest BCUT2D eigenvalue weighted by molar-refractivity contribution is -0.697. The van der Waals surface area contributed by atoms with Gasteiger partial charge in [0, 0.05) is 0 Å². The van der Waals surface area contributed by atoms with Gasteiger partial charge in [0.2, 0.25) is 6.33 Å². The first kappa shape index (κ1) is 14.4. The van der Waals surface area contributed by atoms with Crippen LogP contribution in [0.25, 0.3) is 0 Å². The van der Waals surface area contributed by atoms with Gasteiger partial charge in [0.1, 0.15) is 6.20 Å². The molecule has 1 aromatic rings. The minimum Gasteiger partial charge on any atom is -0.457 e. The summed E-state index contributed by atoms with van der Waals surface area (Å²) in [4.78, 5) is 12.2. The Morgan fingerprint density at radius 1 is 1.43 bits per heavy atom. The van der Waals surface area contributed by atoms with Gasteiger partial charge in [-0.3, -0.25) is 4.79 Å². The number of carbonyl (C=O) groups is 1. The highest BCUT2D eigenvalue weighted by Gasteiger charge is 2.40. The van der Waals surface area contributed by atoms with Crippen molar-refractivity contribution in [2.24, 2.45) is 24.8 Å². The summed E-state index contributed by atoms with van der Waals surface area (Å²) in [5, 5.41) is 0. The smallest absolute Gasteiger partial charge is 0.310 e. The molecule has 0 aliphatic heterocycles. The van der Waals surface area contributed by atoms with E-state index in [0.29, 0.717) is 18.4 Å². The van der Waals surface area contributed by atoms with E-state index in [4.69, 9.17) is 4.74 Å². The Bertz CT molecular complexity index is 547. The van der Waals surface area contributed by atoms with Gasteiger partial charge < -0.3 is 4.74 Å². The molecule has 4 nitrogen and oxygen atoms in total. The van der Waals surface area contributed by atoms with Crippen molar-refractivity contribution in [1.29, 1.82) is 0 Å². The highest BCUT2D eigenvalue weighted by Crippen LogP contribution is 2.43. The number of carbonyl (C=O) groups excluding carboxylic acids is 1. The van der Waals surface area contributed by atoms with Crippen molar-refractivity contribution in [3.63, 3.8) is 0 Å². The Morgan fingerprint density at radius 3 is 2.95 bits per heavy atom. The Kier molecular flexibility index (Phi) is 4.13. The van der Waals surface area contributed by atoms with Crippen LogP contribution in [0.1, 0.15) is 38.3 Å². The molecule has 2 aliphatic rings. The van der Waals surface area contributed by atoms with Crippen LogP contribution in [0.3, 0.4) is 0 Å². The van der Waals surface area contributed by atoms with Crippen LogP contribution in [0.4, 0.5) is 0 Å². The molecular weight excluding hydrogens is 264 g/mol. The predicted octanol–water partition coefficient (Wildman–Crippen LogP) is 2.37. The monoisotopic (exact) mass is 289 g/mol. The third-order valence-electron chi connectivity index (χ3n) is 4.80. The summed E-state index contributed by atoms with van der Waals surface area (Å²) < 4.78 is 9.78. The lowest BCUT2D eigenvalue weighted by Crippen LogP contribution is -2.30. The first-order valence-electron chi connectivity index (χ1n) is 8.06. The highest BCUT2D eigenvalue weighted by atomic mass is 16.5. The second kappa shape index (κ2) is 6.04. The van der Waals surface area contributed by atoms with Crippen LogP contribution >= 0.6 is 0 Å². The van der Waals surface area contributed by atoms with Crippen molar-refractivity contribution in [1.82, 2.24) is 4.57 Å². The quantitative estimate of drug-likeness (QED) is 0.458. The second-order valence-electron chi connectivity index (χ2n) is 6.43. The molecule has 0 amide bonds. The fourth-order valence-electron chi connectivity index (χ4n) is 3.52. The van der Waals surface area contributed by atoms with Gasteiger partial charge in [-0.1, -0.05) is 25.5 Å². The molecule has 2 bridgehead atoms. The zero-order chi connectivity index (χ0) is 14.8. The number of allylic oxidation sites excluding steroid dienone is 2. The Morgan fingerprint density at radius 2 is 2.29 bits per heavy atom. The number of unbranched alkanes of at least 4 members (excludes halogenated alkanes) is 1. The molecule has 0 radical (unpaired) electrons. The van der Waals surface area contributed by atoms with Gasteiger partial charge in [0.05, 0.1) is 19.5 Å². The van der Waals surface area contributed by atoms with E-state index in [-0.39, 0.29) is 11.9 Å². The van der Waals surface area contributed by atoms with E-state index in [1.807, 2.05) is 11.6 Å². The van der Waals surface area contributed by atoms with Crippen molar-refractivity contribution in [3.8, 4) is 0 Å². The summed E-state index contributed by atoms with van der Waals surface area (Å²) in [6.07, 6.45) is 13.1. The molecule has 0 saturated heterocycles. The number of ether oxygens (including phenoxy) is 1. The summed E-state index contributed by atoms with van der Waals surface area (Å²) in [6, 6.07) is 0. The van der Waals surface area contributed by atoms with E-state index in [9.17, 15) is 4.79 Å². The third kappa shape index (κ3) is 3.04. The topological polar surface area (TPSA) is 35.1 Å². The summed E-state index contributed by atoms with van der Waals surface area (Å²) in [6.45, 7) is 3.59. The summed E-state index contributed by atoms with van der Waals surface area (Å²) in [5.41, 5.74) is 1.05. The Balaban J connectivity index is 1.54. The van der Waals surface area contributed by atoms with Crippen LogP contribution in [-0.4, -0.2) is 10.5 Å². The average molecular weight is 289 g/mol. The molecule has 114 valence electrons. The van der Waals surface area contributed by atoms with Crippen molar-refractivity contribution >= 4 is 5.97 Å². The molecule has 1 fully saturated rings. The number of aryl methyl sites for hydroxylation is 2. The lowest BCUT2D eigenvalue weighted by atomic mass is 9.94. The SMILES string of the molecule is CCCC[n+]1cc(COC(=O)[C@H]2C[C@H]3C=C[C@@H]2C3)n(C)c1. The first-order valence-corrected chi connectivity index (χ1v) is 8.06. The molecule has 0 spiro atoms. The maximum atomic E-state index is 12.2. The number of esters is 1. The van der Waals surface area contributed by atoms with Gasteiger partial charge in [-0.25, -0.2) is 9.13 Å². The Hall–Kier alpha value is -1.58. The van der Waals surface area contributed by atoms with Gasteiger partial charge in [0.25, 0.3) is 0 Å².